The van der Waals surface area contributed by atoms with E-state index in [1.165, 1.54) is 24.4 Å². The topological polar surface area (TPSA) is 57.9 Å². The largest absolute Gasteiger partial charge is 0.573 e. The van der Waals surface area contributed by atoms with Crippen LogP contribution in [-0.2, 0) is 0 Å². The summed E-state index contributed by atoms with van der Waals surface area (Å²) in [6, 6.07) is 9.14. The second-order valence-electron chi connectivity index (χ2n) is 3.86. The van der Waals surface area contributed by atoms with Crippen molar-refractivity contribution < 1.29 is 17.9 Å². The average molecular weight is 358 g/mol. The zero-order valence-electron chi connectivity index (χ0n) is 10.3. The molecule has 0 spiro atoms. The molecule has 2 rings (SSSR count). The van der Waals surface area contributed by atoms with Crippen LogP contribution in [0.1, 0.15) is 5.56 Å². The van der Waals surface area contributed by atoms with Crippen molar-refractivity contribution in [3.8, 4) is 11.8 Å². The third-order valence-electron chi connectivity index (χ3n) is 2.32. The highest BCUT2D eigenvalue weighted by Gasteiger charge is 2.31. The molecule has 0 saturated carbocycles. The van der Waals surface area contributed by atoms with E-state index in [1.807, 2.05) is 6.07 Å². The van der Waals surface area contributed by atoms with Gasteiger partial charge in [-0.3, -0.25) is 0 Å². The molecule has 8 heteroatoms. The molecule has 0 unspecified atom stereocenters. The Bertz CT molecular complexity index is 681. The highest BCUT2D eigenvalue weighted by atomic mass is 79.9. The molecular formula is C13H7BrF3N3O. The van der Waals surface area contributed by atoms with E-state index in [1.54, 1.807) is 12.1 Å². The Balaban J connectivity index is 2.14. The number of alkyl halides is 3. The standard InChI is InChI=1S/C13H7BrF3N3O/c14-10-5-9(2-3-11(10)21-13(15,16)17)20-12-4-1-8(6-18)7-19-12/h1-5,7H,(H,19,20). The number of rotatable bonds is 3. The van der Waals surface area contributed by atoms with E-state index in [-0.39, 0.29) is 10.2 Å². The quantitative estimate of drug-likeness (QED) is 0.886. The van der Waals surface area contributed by atoms with Gasteiger partial charge in [0.05, 0.1) is 10.0 Å². The molecule has 0 radical (unpaired) electrons. The smallest absolute Gasteiger partial charge is 0.405 e. The fraction of sp³-hybridized carbons (Fsp3) is 0.0769. The number of ether oxygens (including phenoxy) is 1. The molecule has 1 N–H and O–H groups in total. The van der Waals surface area contributed by atoms with Crippen molar-refractivity contribution in [2.75, 3.05) is 5.32 Å². The van der Waals surface area contributed by atoms with E-state index < -0.39 is 6.36 Å². The Hall–Kier alpha value is -2.27. The van der Waals surface area contributed by atoms with Crippen LogP contribution < -0.4 is 10.1 Å². The SMILES string of the molecule is N#Cc1ccc(Nc2ccc(OC(F)(F)F)c(Br)c2)nc1. The van der Waals surface area contributed by atoms with E-state index in [2.05, 4.69) is 31.0 Å². The minimum absolute atomic E-state index is 0.151. The molecule has 0 fully saturated rings. The lowest BCUT2D eigenvalue weighted by Gasteiger charge is -2.12. The maximum atomic E-state index is 12.1. The number of nitrogens with one attached hydrogen (secondary N) is 1. The Morgan fingerprint density at radius 1 is 1.24 bits per heavy atom. The number of pyridine rings is 1. The molecule has 0 bridgehead atoms. The number of benzene rings is 1. The van der Waals surface area contributed by atoms with Gasteiger partial charge in [-0.25, -0.2) is 4.98 Å². The first-order valence-electron chi connectivity index (χ1n) is 5.56. The molecule has 0 amide bonds. The van der Waals surface area contributed by atoms with E-state index in [4.69, 9.17) is 5.26 Å². The van der Waals surface area contributed by atoms with E-state index in [0.29, 0.717) is 17.1 Å². The predicted molar refractivity (Wildman–Crippen MR) is 73.1 cm³/mol. The molecule has 1 aromatic heterocycles. The van der Waals surface area contributed by atoms with E-state index >= 15 is 0 Å². The molecule has 1 heterocycles. The van der Waals surface area contributed by atoms with Gasteiger partial charge >= 0.3 is 6.36 Å². The summed E-state index contributed by atoms with van der Waals surface area (Å²) < 4.78 is 40.4. The summed E-state index contributed by atoms with van der Waals surface area (Å²) in [6.45, 7) is 0. The van der Waals surface area contributed by atoms with Crippen molar-refractivity contribution in [1.29, 1.82) is 5.26 Å². The number of hydrogen-bond acceptors (Lipinski definition) is 4. The summed E-state index contributed by atoms with van der Waals surface area (Å²) in [6.07, 6.45) is -3.36. The summed E-state index contributed by atoms with van der Waals surface area (Å²) >= 11 is 3.01. The molecular weight excluding hydrogens is 351 g/mol. The lowest BCUT2D eigenvalue weighted by molar-refractivity contribution is -0.274. The third-order valence-corrected chi connectivity index (χ3v) is 2.94. The van der Waals surface area contributed by atoms with Crippen molar-refractivity contribution in [3.05, 3.63) is 46.6 Å². The van der Waals surface area contributed by atoms with Crippen molar-refractivity contribution in [2.24, 2.45) is 0 Å². The monoisotopic (exact) mass is 357 g/mol. The van der Waals surface area contributed by atoms with Gasteiger partial charge in [0.15, 0.2) is 0 Å². The highest BCUT2D eigenvalue weighted by molar-refractivity contribution is 9.10. The van der Waals surface area contributed by atoms with Crippen molar-refractivity contribution in [1.82, 2.24) is 4.98 Å². The van der Waals surface area contributed by atoms with Crippen LogP contribution in [-0.4, -0.2) is 11.3 Å². The fourth-order valence-electron chi connectivity index (χ4n) is 1.47. The Labute approximate surface area is 126 Å². The zero-order chi connectivity index (χ0) is 15.5. The van der Waals surface area contributed by atoms with E-state index in [9.17, 15) is 13.2 Å². The van der Waals surface area contributed by atoms with Crippen molar-refractivity contribution in [3.63, 3.8) is 0 Å². The first-order chi connectivity index (χ1) is 9.87. The maximum absolute atomic E-state index is 12.1. The van der Waals surface area contributed by atoms with Gasteiger partial charge in [0.25, 0.3) is 0 Å². The number of anilines is 2. The van der Waals surface area contributed by atoms with Crippen LogP contribution in [0.15, 0.2) is 41.0 Å². The average Bonchev–Trinajstić information content (AvgIpc) is 2.41. The molecule has 4 nitrogen and oxygen atoms in total. The van der Waals surface area contributed by atoms with Crippen LogP contribution in [0.25, 0.3) is 0 Å². The Morgan fingerprint density at radius 3 is 2.52 bits per heavy atom. The molecule has 108 valence electrons. The Kier molecular flexibility index (Phi) is 4.33. The van der Waals surface area contributed by atoms with Crippen LogP contribution >= 0.6 is 15.9 Å². The van der Waals surface area contributed by atoms with Gasteiger partial charge in [0.1, 0.15) is 17.6 Å². The molecule has 0 aliphatic heterocycles. The normalized spacial score (nSPS) is 10.8. The maximum Gasteiger partial charge on any atom is 0.573 e. The van der Waals surface area contributed by atoms with Gasteiger partial charge in [0, 0.05) is 11.9 Å². The molecule has 0 aliphatic carbocycles. The molecule has 0 aliphatic rings. The summed E-state index contributed by atoms with van der Waals surface area (Å²) in [5, 5.41) is 11.6. The van der Waals surface area contributed by atoms with Gasteiger partial charge in [-0.15, -0.1) is 13.2 Å². The second kappa shape index (κ2) is 6.01. The molecule has 1 aromatic carbocycles. The molecule has 21 heavy (non-hydrogen) atoms. The molecule has 0 atom stereocenters. The lowest BCUT2D eigenvalue weighted by atomic mass is 10.3. The summed E-state index contributed by atoms with van der Waals surface area (Å²) in [7, 11) is 0. The first kappa shape index (κ1) is 15.1. The lowest BCUT2D eigenvalue weighted by Crippen LogP contribution is -2.17. The third kappa shape index (κ3) is 4.36. The number of nitriles is 1. The molecule has 2 aromatic rings. The van der Waals surface area contributed by atoms with Crippen LogP contribution in [0.2, 0.25) is 0 Å². The van der Waals surface area contributed by atoms with E-state index in [0.717, 1.165) is 0 Å². The highest BCUT2D eigenvalue weighted by Crippen LogP contribution is 2.33. The van der Waals surface area contributed by atoms with Gasteiger partial charge in [-0.2, -0.15) is 5.26 Å². The molecule has 0 saturated heterocycles. The van der Waals surface area contributed by atoms with Gasteiger partial charge < -0.3 is 10.1 Å². The van der Waals surface area contributed by atoms with Crippen LogP contribution in [0.5, 0.6) is 5.75 Å². The predicted octanol–water partition coefficient (Wildman–Crippen LogP) is 4.36. The number of hydrogen-bond donors (Lipinski definition) is 1. The summed E-state index contributed by atoms with van der Waals surface area (Å²) in [4.78, 5) is 4.00. The Morgan fingerprint density at radius 2 is 2.00 bits per heavy atom. The van der Waals surface area contributed by atoms with Gasteiger partial charge in [-0.05, 0) is 46.3 Å². The van der Waals surface area contributed by atoms with Crippen LogP contribution in [0.3, 0.4) is 0 Å². The zero-order valence-corrected chi connectivity index (χ0v) is 11.9. The summed E-state index contributed by atoms with van der Waals surface area (Å²) in [5.74, 6) is 0.131. The second-order valence-corrected chi connectivity index (χ2v) is 4.72. The minimum atomic E-state index is -4.74. The van der Waals surface area contributed by atoms with Crippen molar-refractivity contribution >= 4 is 27.4 Å². The summed E-state index contributed by atoms with van der Waals surface area (Å²) in [5.41, 5.74) is 0.935. The van der Waals surface area contributed by atoms with Crippen LogP contribution in [0, 0.1) is 11.3 Å². The first-order valence-corrected chi connectivity index (χ1v) is 6.35. The van der Waals surface area contributed by atoms with Crippen molar-refractivity contribution in [2.45, 2.75) is 6.36 Å². The van der Waals surface area contributed by atoms with Gasteiger partial charge in [0.2, 0.25) is 0 Å². The fourth-order valence-corrected chi connectivity index (χ4v) is 1.93. The number of aromatic nitrogens is 1. The van der Waals surface area contributed by atoms with Crippen LogP contribution in [0.4, 0.5) is 24.7 Å². The van der Waals surface area contributed by atoms with Gasteiger partial charge in [-0.1, -0.05) is 0 Å². The minimum Gasteiger partial charge on any atom is -0.405 e. The number of nitrogens with zero attached hydrogens (tertiary/aromatic N) is 2. The number of halogens is 4.